The normalized spacial score (nSPS) is 12.4. The number of nitrogens with one attached hydrogen (secondary N) is 2. The Bertz CT molecular complexity index is 799. The van der Waals surface area contributed by atoms with Crippen LogP contribution in [-0.2, 0) is 10.2 Å². The fourth-order valence-corrected chi connectivity index (χ4v) is 2.35. The maximum Gasteiger partial charge on any atom is 0.305 e. The number of carboxylic acid groups (broad SMARTS) is 1. The zero-order valence-corrected chi connectivity index (χ0v) is 14.4. The van der Waals surface area contributed by atoms with E-state index in [1.807, 2.05) is 24.3 Å². The lowest BCUT2D eigenvalue weighted by Gasteiger charge is -2.21. The molecule has 2 aromatic rings. The Kier molecular flexibility index (Phi) is 5.36. The molecule has 0 fully saturated rings. The molecular formula is C18H21N3O4. The van der Waals surface area contributed by atoms with Crippen molar-refractivity contribution in [2.75, 3.05) is 0 Å². The van der Waals surface area contributed by atoms with Crippen LogP contribution in [0.25, 0.3) is 0 Å². The van der Waals surface area contributed by atoms with Crippen LogP contribution in [0.5, 0.6) is 0 Å². The van der Waals surface area contributed by atoms with E-state index < -0.39 is 23.5 Å². The number of nitrogens with zero attached hydrogens (tertiary/aromatic N) is 1. The maximum atomic E-state index is 12.3. The van der Waals surface area contributed by atoms with Gasteiger partial charge in [-0.2, -0.15) is 5.10 Å². The first-order valence-corrected chi connectivity index (χ1v) is 7.85. The number of aromatic amines is 1. The minimum Gasteiger partial charge on any atom is -0.481 e. The third-order valence-corrected chi connectivity index (χ3v) is 3.77. The molecule has 1 unspecified atom stereocenters. The van der Waals surface area contributed by atoms with Gasteiger partial charge in [0, 0.05) is 6.07 Å². The molecule has 1 heterocycles. The largest absolute Gasteiger partial charge is 0.481 e. The van der Waals surface area contributed by atoms with Gasteiger partial charge in [0.25, 0.3) is 11.5 Å². The molecule has 132 valence electrons. The summed E-state index contributed by atoms with van der Waals surface area (Å²) < 4.78 is 0. The smallest absolute Gasteiger partial charge is 0.305 e. The third kappa shape index (κ3) is 5.00. The molecule has 7 nitrogen and oxygen atoms in total. The van der Waals surface area contributed by atoms with Crippen LogP contribution in [0.15, 0.2) is 41.2 Å². The number of benzene rings is 1. The molecule has 3 N–H and O–H groups in total. The van der Waals surface area contributed by atoms with Crippen LogP contribution in [0, 0.1) is 0 Å². The quantitative estimate of drug-likeness (QED) is 0.769. The number of hydrogen-bond acceptors (Lipinski definition) is 4. The molecule has 0 bridgehead atoms. The summed E-state index contributed by atoms with van der Waals surface area (Å²) in [6.45, 7) is 6.25. The third-order valence-electron chi connectivity index (χ3n) is 3.77. The number of hydrogen-bond donors (Lipinski definition) is 3. The van der Waals surface area contributed by atoms with Crippen molar-refractivity contribution in [1.82, 2.24) is 15.5 Å². The number of H-pyrrole nitrogens is 1. The average molecular weight is 343 g/mol. The van der Waals surface area contributed by atoms with Gasteiger partial charge in [0.1, 0.15) is 5.69 Å². The molecule has 0 saturated heterocycles. The first-order valence-electron chi connectivity index (χ1n) is 7.85. The highest BCUT2D eigenvalue weighted by Gasteiger charge is 2.21. The summed E-state index contributed by atoms with van der Waals surface area (Å²) in [5.41, 5.74) is 1.37. The van der Waals surface area contributed by atoms with E-state index in [1.165, 1.54) is 12.1 Å². The number of carbonyl (C=O) groups excluding carboxylic acids is 1. The van der Waals surface area contributed by atoms with E-state index in [0.717, 1.165) is 5.56 Å². The number of amides is 1. The molecule has 0 aliphatic heterocycles. The van der Waals surface area contributed by atoms with Crippen LogP contribution >= 0.6 is 0 Å². The fraction of sp³-hybridized carbons (Fsp3) is 0.333. The standard InChI is InChI=1S/C18H21N3O4/c1-18(2,3)12-6-4-11(5-7-12)14(10-16(23)24)19-17(25)13-8-9-15(22)21-20-13/h4-9,14H,10H2,1-3H3,(H,19,25)(H,21,22)(H,23,24). The van der Waals surface area contributed by atoms with Gasteiger partial charge >= 0.3 is 5.97 Å². The van der Waals surface area contributed by atoms with E-state index in [1.54, 1.807) is 0 Å². The first-order chi connectivity index (χ1) is 11.7. The van der Waals surface area contributed by atoms with Crippen molar-refractivity contribution in [3.8, 4) is 0 Å². The van der Waals surface area contributed by atoms with Crippen LogP contribution in [0.3, 0.4) is 0 Å². The maximum absolute atomic E-state index is 12.3. The lowest BCUT2D eigenvalue weighted by atomic mass is 9.86. The van der Waals surface area contributed by atoms with Crippen molar-refractivity contribution in [2.24, 2.45) is 0 Å². The van der Waals surface area contributed by atoms with Gasteiger partial charge in [0.15, 0.2) is 0 Å². The Morgan fingerprint density at radius 3 is 2.28 bits per heavy atom. The number of aromatic nitrogens is 2. The van der Waals surface area contributed by atoms with Crippen molar-refractivity contribution in [1.29, 1.82) is 0 Å². The first kappa shape index (κ1) is 18.4. The minimum absolute atomic E-state index is 0.0151. The summed E-state index contributed by atoms with van der Waals surface area (Å²) in [6.07, 6.45) is -0.260. The molecule has 0 aliphatic carbocycles. The molecule has 7 heteroatoms. The van der Waals surface area contributed by atoms with Gasteiger partial charge in [-0.3, -0.25) is 14.4 Å². The van der Waals surface area contributed by atoms with Gasteiger partial charge in [0.2, 0.25) is 0 Å². The number of aliphatic carboxylic acids is 1. The summed E-state index contributed by atoms with van der Waals surface area (Å²) in [5, 5.41) is 17.6. The molecule has 1 aromatic heterocycles. The molecular weight excluding hydrogens is 322 g/mol. The molecule has 0 saturated carbocycles. The lowest BCUT2D eigenvalue weighted by molar-refractivity contribution is -0.137. The second-order valence-electron chi connectivity index (χ2n) is 6.80. The fourth-order valence-electron chi connectivity index (χ4n) is 2.35. The second kappa shape index (κ2) is 7.29. The van der Waals surface area contributed by atoms with Gasteiger partial charge in [0.05, 0.1) is 12.5 Å². The van der Waals surface area contributed by atoms with Gasteiger partial charge in [-0.25, -0.2) is 5.10 Å². The van der Waals surface area contributed by atoms with Gasteiger partial charge < -0.3 is 10.4 Å². The molecule has 1 amide bonds. The zero-order chi connectivity index (χ0) is 18.6. The lowest BCUT2D eigenvalue weighted by Crippen LogP contribution is -2.31. The van der Waals surface area contributed by atoms with E-state index in [4.69, 9.17) is 5.11 Å². The second-order valence-corrected chi connectivity index (χ2v) is 6.80. The van der Waals surface area contributed by atoms with Gasteiger partial charge in [-0.1, -0.05) is 45.0 Å². The highest BCUT2D eigenvalue weighted by Crippen LogP contribution is 2.25. The molecule has 1 aromatic carbocycles. The predicted molar refractivity (Wildman–Crippen MR) is 92.5 cm³/mol. The molecule has 0 aliphatic rings. The summed E-state index contributed by atoms with van der Waals surface area (Å²) in [5.74, 6) is -1.58. The average Bonchev–Trinajstić information content (AvgIpc) is 2.53. The van der Waals surface area contributed by atoms with E-state index in [2.05, 4.69) is 36.3 Å². The molecule has 2 rings (SSSR count). The zero-order valence-electron chi connectivity index (χ0n) is 14.4. The topological polar surface area (TPSA) is 112 Å². The molecule has 1 atom stereocenters. The Balaban J connectivity index is 2.23. The van der Waals surface area contributed by atoms with Crippen molar-refractivity contribution in [3.63, 3.8) is 0 Å². The van der Waals surface area contributed by atoms with E-state index in [-0.39, 0.29) is 17.5 Å². The summed E-state index contributed by atoms with van der Waals surface area (Å²) in [6, 6.07) is 9.25. The summed E-state index contributed by atoms with van der Waals surface area (Å²) in [7, 11) is 0. The Labute approximate surface area is 145 Å². The number of carbonyl (C=O) groups is 2. The van der Waals surface area contributed by atoms with Crippen LogP contribution in [0.2, 0.25) is 0 Å². The van der Waals surface area contributed by atoms with Crippen LogP contribution in [0.4, 0.5) is 0 Å². The Morgan fingerprint density at radius 2 is 1.80 bits per heavy atom. The summed E-state index contributed by atoms with van der Waals surface area (Å²) >= 11 is 0. The predicted octanol–water partition coefficient (Wildman–Crippen LogP) is 2.01. The van der Waals surface area contributed by atoms with Crippen molar-refractivity contribution in [3.05, 3.63) is 63.6 Å². The van der Waals surface area contributed by atoms with Crippen LogP contribution in [-0.4, -0.2) is 27.2 Å². The highest BCUT2D eigenvalue weighted by molar-refractivity contribution is 5.92. The van der Waals surface area contributed by atoms with Crippen LogP contribution < -0.4 is 10.9 Å². The monoisotopic (exact) mass is 343 g/mol. The Hall–Kier alpha value is -2.96. The SMILES string of the molecule is CC(C)(C)c1ccc(C(CC(=O)O)NC(=O)c2ccc(=O)[nH]n2)cc1. The Morgan fingerprint density at radius 1 is 1.16 bits per heavy atom. The number of rotatable bonds is 5. The van der Waals surface area contributed by atoms with Crippen LogP contribution in [0.1, 0.15) is 54.8 Å². The number of carboxylic acids is 1. The summed E-state index contributed by atoms with van der Waals surface area (Å²) in [4.78, 5) is 34.4. The van der Waals surface area contributed by atoms with Crippen molar-refractivity contribution < 1.29 is 14.7 Å². The van der Waals surface area contributed by atoms with Crippen molar-refractivity contribution in [2.45, 2.75) is 38.6 Å². The van der Waals surface area contributed by atoms with Gasteiger partial charge in [-0.05, 0) is 22.6 Å². The van der Waals surface area contributed by atoms with Gasteiger partial charge in [-0.15, -0.1) is 0 Å². The van der Waals surface area contributed by atoms with Crippen molar-refractivity contribution >= 4 is 11.9 Å². The van der Waals surface area contributed by atoms with E-state index in [0.29, 0.717) is 5.56 Å². The molecule has 0 spiro atoms. The van der Waals surface area contributed by atoms with E-state index in [9.17, 15) is 14.4 Å². The minimum atomic E-state index is -1.03. The van der Waals surface area contributed by atoms with E-state index >= 15 is 0 Å². The highest BCUT2D eigenvalue weighted by atomic mass is 16.4. The molecule has 25 heavy (non-hydrogen) atoms. The molecule has 0 radical (unpaired) electrons.